The largest absolute Gasteiger partial charge is 0.387 e. The van der Waals surface area contributed by atoms with E-state index in [1.165, 1.54) is 0 Å². The monoisotopic (exact) mass is 434 g/mol. The molecule has 33 heavy (non-hydrogen) atoms. The van der Waals surface area contributed by atoms with Gasteiger partial charge in [-0.15, -0.1) is 0 Å². The number of H-pyrrole nitrogens is 2. The number of rotatable bonds is 6. The van der Waals surface area contributed by atoms with Crippen LogP contribution < -0.4 is 5.32 Å². The lowest BCUT2D eigenvalue weighted by Gasteiger charge is -2.05. The van der Waals surface area contributed by atoms with E-state index in [0.717, 1.165) is 50.4 Å². The summed E-state index contributed by atoms with van der Waals surface area (Å²) >= 11 is 0. The average Bonchev–Trinajstić information content (AvgIpc) is 3.46. The van der Waals surface area contributed by atoms with Gasteiger partial charge in [0.05, 0.1) is 16.8 Å². The second kappa shape index (κ2) is 8.51. The van der Waals surface area contributed by atoms with Gasteiger partial charge in [-0.25, -0.2) is 9.97 Å². The molecule has 5 rings (SSSR count). The number of aromatic amines is 2. The highest BCUT2D eigenvalue weighted by atomic mass is 15.2. The molecule has 8 heteroatoms. The van der Waals surface area contributed by atoms with Crippen molar-refractivity contribution in [3.63, 3.8) is 0 Å². The Kier molecular flexibility index (Phi) is 5.24. The summed E-state index contributed by atoms with van der Waals surface area (Å²) in [5.41, 5.74) is 7.91. The number of aryl methyl sites for hydroxylation is 1. The second-order valence-electron chi connectivity index (χ2n) is 7.52. The van der Waals surface area contributed by atoms with Crippen molar-refractivity contribution in [2.45, 2.75) is 6.92 Å². The van der Waals surface area contributed by atoms with Gasteiger partial charge in [0.25, 0.3) is 0 Å². The molecule has 0 aliphatic carbocycles. The highest BCUT2D eigenvalue weighted by molar-refractivity contribution is 5.92. The molecule has 0 spiro atoms. The summed E-state index contributed by atoms with van der Waals surface area (Å²) < 4.78 is 0. The Morgan fingerprint density at radius 2 is 1.97 bits per heavy atom. The molecule has 0 aromatic carbocycles. The standard InChI is InChI=1S/C25H22N8/c1-4-6-20(16-7-5-8-27-11-16)22-15(2)30-25(31-22)23-21-10-18(13-29-24(21)33-32-23)17-9-19(26-3)14-28-12-17/h4-14,26H,1H2,2-3H3,(H,30,31)(H,29,32,33)/b20-6-. The van der Waals surface area contributed by atoms with Crippen LogP contribution in [0.1, 0.15) is 17.0 Å². The van der Waals surface area contributed by atoms with Crippen molar-refractivity contribution in [2.75, 3.05) is 12.4 Å². The van der Waals surface area contributed by atoms with Crippen LogP contribution in [0.5, 0.6) is 0 Å². The average molecular weight is 435 g/mol. The van der Waals surface area contributed by atoms with E-state index in [4.69, 9.17) is 4.98 Å². The molecule has 0 amide bonds. The maximum absolute atomic E-state index is 4.91. The fraction of sp³-hybridized carbons (Fsp3) is 0.0800. The molecular weight excluding hydrogens is 412 g/mol. The van der Waals surface area contributed by atoms with Crippen LogP contribution in [0.25, 0.3) is 39.3 Å². The Bertz CT molecular complexity index is 1480. The minimum Gasteiger partial charge on any atom is -0.387 e. The van der Waals surface area contributed by atoms with Gasteiger partial charge in [-0.2, -0.15) is 5.10 Å². The van der Waals surface area contributed by atoms with E-state index in [0.29, 0.717) is 11.5 Å². The van der Waals surface area contributed by atoms with Crippen LogP contribution >= 0.6 is 0 Å². The number of aromatic nitrogens is 7. The smallest absolute Gasteiger partial charge is 0.181 e. The maximum Gasteiger partial charge on any atom is 0.181 e. The van der Waals surface area contributed by atoms with Crippen LogP contribution in [0.15, 0.2) is 74.0 Å². The van der Waals surface area contributed by atoms with Crippen molar-refractivity contribution >= 4 is 22.3 Å². The van der Waals surface area contributed by atoms with Gasteiger partial charge in [-0.3, -0.25) is 15.1 Å². The third-order valence-electron chi connectivity index (χ3n) is 5.40. The predicted octanol–water partition coefficient (Wildman–Crippen LogP) is 4.77. The number of hydrogen-bond donors (Lipinski definition) is 3. The minimum atomic E-state index is 0.621. The SMILES string of the molecule is C=C/C=C(/c1cccnc1)c1nc(-c2[nH]nc3ncc(-c4cncc(NC)c4)cc23)[nH]c1C. The molecule has 5 heterocycles. The molecule has 8 nitrogen and oxygen atoms in total. The highest BCUT2D eigenvalue weighted by Gasteiger charge is 2.18. The molecular formula is C25H22N8. The number of pyridine rings is 3. The topological polar surface area (TPSA) is 108 Å². The summed E-state index contributed by atoms with van der Waals surface area (Å²) in [4.78, 5) is 21.4. The van der Waals surface area contributed by atoms with Crippen molar-refractivity contribution in [2.24, 2.45) is 0 Å². The van der Waals surface area contributed by atoms with Gasteiger partial charge < -0.3 is 10.3 Å². The lowest BCUT2D eigenvalue weighted by molar-refractivity contribution is 1.08. The number of imidazole rings is 1. The fourth-order valence-corrected chi connectivity index (χ4v) is 3.77. The van der Waals surface area contributed by atoms with Crippen LogP contribution in [0, 0.1) is 6.92 Å². The van der Waals surface area contributed by atoms with Crippen molar-refractivity contribution in [1.29, 1.82) is 0 Å². The van der Waals surface area contributed by atoms with Crippen LogP contribution in [-0.4, -0.2) is 42.2 Å². The highest BCUT2D eigenvalue weighted by Crippen LogP contribution is 2.31. The molecule has 3 N–H and O–H groups in total. The Labute approximate surface area is 190 Å². The predicted molar refractivity (Wildman–Crippen MR) is 130 cm³/mol. The zero-order chi connectivity index (χ0) is 22.8. The summed E-state index contributed by atoms with van der Waals surface area (Å²) in [6.07, 6.45) is 12.7. The molecule has 0 aliphatic rings. The van der Waals surface area contributed by atoms with Gasteiger partial charge in [-0.05, 0) is 25.1 Å². The maximum atomic E-state index is 4.91. The molecule has 162 valence electrons. The third-order valence-corrected chi connectivity index (χ3v) is 5.40. The zero-order valence-electron chi connectivity index (χ0n) is 18.3. The summed E-state index contributed by atoms with van der Waals surface area (Å²) in [5.74, 6) is 0.685. The van der Waals surface area contributed by atoms with Gasteiger partial charge in [0, 0.05) is 66.0 Å². The Balaban J connectivity index is 1.60. The molecule has 0 radical (unpaired) electrons. The molecule has 5 aromatic heterocycles. The first-order valence-electron chi connectivity index (χ1n) is 10.5. The Morgan fingerprint density at radius 1 is 1.09 bits per heavy atom. The van der Waals surface area contributed by atoms with Crippen molar-refractivity contribution in [1.82, 2.24) is 35.1 Å². The van der Waals surface area contributed by atoms with Crippen molar-refractivity contribution in [3.05, 3.63) is 90.9 Å². The summed E-state index contributed by atoms with van der Waals surface area (Å²) in [6.45, 7) is 5.86. The van der Waals surface area contributed by atoms with E-state index in [1.807, 2.05) is 50.6 Å². The first kappa shape index (κ1) is 20.3. The first-order chi connectivity index (χ1) is 16.2. The molecule has 0 atom stereocenters. The van der Waals surface area contributed by atoms with Gasteiger partial charge in [0.2, 0.25) is 0 Å². The van der Waals surface area contributed by atoms with Crippen molar-refractivity contribution in [3.8, 4) is 22.6 Å². The van der Waals surface area contributed by atoms with Crippen LogP contribution in [-0.2, 0) is 0 Å². The lowest BCUT2D eigenvalue weighted by Crippen LogP contribution is -1.92. The molecule has 0 fully saturated rings. The van der Waals surface area contributed by atoms with E-state index in [-0.39, 0.29) is 0 Å². The number of allylic oxidation sites excluding steroid dienone is 2. The molecule has 0 saturated carbocycles. The molecule has 0 aliphatic heterocycles. The zero-order valence-corrected chi connectivity index (χ0v) is 18.3. The van der Waals surface area contributed by atoms with E-state index < -0.39 is 0 Å². The quantitative estimate of drug-likeness (QED) is 0.332. The van der Waals surface area contributed by atoms with Crippen molar-refractivity contribution < 1.29 is 0 Å². The number of nitrogens with one attached hydrogen (secondary N) is 3. The molecule has 0 saturated heterocycles. The fourth-order valence-electron chi connectivity index (χ4n) is 3.77. The first-order valence-corrected chi connectivity index (χ1v) is 10.5. The second-order valence-corrected chi connectivity index (χ2v) is 7.52. The van der Waals surface area contributed by atoms with Crippen LogP contribution in [0.3, 0.4) is 0 Å². The number of fused-ring (bicyclic) bond motifs is 1. The van der Waals surface area contributed by atoms with Gasteiger partial charge >= 0.3 is 0 Å². The number of anilines is 1. The number of hydrogen-bond acceptors (Lipinski definition) is 6. The molecule has 0 unspecified atom stereocenters. The lowest BCUT2D eigenvalue weighted by atomic mass is 10.0. The Morgan fingerprint density at radius 3 is 2.76 bits per heavy atom. The van der Waals surface area contributed by atoms with Gasteiger partial charge in [0.1, 0.15) is 5.69 Å². The van der Waals surface area contributed by atoms with E-state index in [2.05, 4.69) is 48.1 Å². The van der Waals surface area contributed by atoms with E-state index in [9.17, 15) is 0 Å². The number of nitrogens with zero attached hydrogens (tertiary/aromatic N) is 5. The third kappa shape index (κ3) is 3.78. The van der Waals surface area contributed by atoms with E-state index >= 15 is 0 Å². The summed E-state index contributed by atoms with van der Waals surface area (Å²) in [5, 5.41) is 11.5. The molecule has 5 aromatic rings. The molecule has 0 bridgehead atoms. The summed E-state index contributed by atoms with van der Waals surface area (Å²) in [6, 6.07) is 8.00. The normalized spacial score (nSPS) is 11.6. The van der Waals surface area contributed by atoms with Crippen LogP contribution in [0.4, 0.5) is 5.69 Å². The van der Waals surface area contributed by atoms with Gasteiger partial charge in [0.15, 0.2) is 11.5 Å². The van der Waals surface area contributed by atoms with E-state index in [1.54, 1.807) is 24.7 Å². The van der Waals surface area contributed by atoms with Gasteiger partial charge in [-0.1, -0.05) is 24.8 Å². The minimum absolute atomic E-state index is 0.621. The Hall–Kier alpha value is -4.59. The van der Waals surface area contributed by atoms with Crippen LogP contribution in [0.2, 0.25) is 0 Å². The summed E-state index contributed by atoms with van der Waals surface area (Å²) in [7, 11) is 1.87.